The Labute approximate surface area is 100 Å². The summed E-state index contributed by atoms with van der Waals surface area (Å²) in [6.45, 7) is 0. The van der Waals surface area contributed by atoms with Gasteiger partial charge in [-0.2, -0.15) is 13.2 Å². The van der Waals surface area contributed by atoms with Gasteiger partial charge in [-0.3, -0.25) is 0 Å². The van der Waals surface area contributed by atoms with Gasteiger partial charge in [0, 0.05) is 5.56 Å². The third-order valence-electron chi connectivity index (χ3n) is 2.12. The van der Waals surface area contributed by atoms with E-state index in [-0.39, 0.29) is 10.7 Å². The van der Waals surface area contributed by atoms with Crippen LogP contribution in [-0.4, -0.2) is 10.2 Å². The standard InChI is InChI=1S/C11H6ClF3N2/c12-9-6-8(7-4-2-1-3-5-7)10(17-16-9)11(13,14)15/h1-6H. The van der Waals surface area contributed by atoms with E-state index in [2.05, 4.69) is 10.2 Å². The molecule has 1 heterocycles. The molecule has 0 saturated carbocycles. The molecule has 2 rings (SSSR count). The maximum atomic E-state index is 12.7. The van der Waals surface area contributed by atoms with Crippen LogP contribution < -0.4 is 0 Å². The Morgan fingerprint density at radius 3 is 2.24 bits per heavy atom. The monoisotopic (exact) mass is 258 g/mol. The molecule has 0 bridgehead atoms. The Kier molecular flexibility index (Phi) is 3.02. The molecule has 0 saturated heterocycles. The maximum Gasteiger partial charge on any atom is 0.435 e. The van der Waals surface area contributed by atoms with Gasteiger partial charge in [-0.15, -0.1) is 10.2 Å². The lowest BCUT2D eigenvalue weighted by molar-refractivity contribution is -0.141. The third-order valence-corrected chi connectivity index (χ3v) is 2.30. The summed E-state index contributed by atoms with van der Waals surface area (Å²) in [5.41, 5.74) is -0.706. The summed E-state index contributed by atoms with van der Waals surface area (Å²) in [5.74, 6) is 0. The highest BCUT2D eigenvalue weighted by atomic mass is 35.5. The van der Waals surface area contributed by atoms with Crippen LogP contribution in [0.5, 0.6) is 0 Å². The fourth-order valence-electron chi connectivity index (χ4n) is 1.42. The van der Waals surface area contributed by atoms with Crippen molar-refractivity contribution in [2.75, 3.05) is 0 Å². The van der Waals surface area contributed by atoms with Crippen molar-refractivity contribution in [2.45, 2.75) is 6.18 Å². The number of hydrogen-bond donors (Lipinski definition) is 0. The Morgan fingerprint density at radius 2 is 1.65 bits per heavy atom. The fourth-order valence-corrected chi connectivity index (χ4v) is 1.56. The van der Waals surface area contributed by atoms with Gasteiger partial charge >= 0.3 is 6.18 Å². The molecule has 0 unspecified atom stereocenters. The van der Waals surface area contributed by atoms with Crippen molar-refractivity contribution in [2.24, 2.45) is 0 Å². The van der Waals surface area contributed by atoms with E-state index in [1.165, 1.54) is 0 Å². The number of nitrogens with zero attached hydrogens (tertiary/aromatic N) is 2. The van der Waals surface area contributed by atoms with Crippen molar-refractivity contribution < 1.29 is 13.2 Å². The first-order valence-electron chi connectivity index (χ1n) is 4.64. The molecule has 0 aliphatic rings. The van der Waals surface area contributed by atoms with Crippen LogP contribution in [0, 0.1) is 0 Å². The second-order valence-corrected chi connectivity index (χ2v) is 3.68. The van der Waals surface area contributed by atoms with Gasteiger partial charge in [0.2, 0.25) is 0 Å². The number of halogens is 4. The highest BCUT2D eigenvalue weighted by Crippen LogP contribution is 2.35. The Bertz CT molecular complexity index is 526. The number of alkyl halides is 3. The molecule has 1 aromatic heterocycles. The van der Waals surface area contributed by atoms with Gasteiger partial charge in [0.05, 0.1) is 0 Å². The fraction of sp³-hybridized carbons (Fsp3) is 0.0909. The molecule has 0 atom stereocenters. The van der Waals surface area contributed by atoms with Gasteiger partial charge in [0.15, 0.2) is 10.8 Å². The Balaban J connectivity index is 2.64. The van der Waals surface area contributed by atoms with Crippen molar-refractivity contribution in [3.8, 4) is 11.1 Å². The number of benzene rings is 1. The Hall–Kier alpha value is -1.62. The molecule has 1 aromatic carbocycles. The van der Waals surface area contributed by atoms with Gasteiger partial charge in [-0.25, -0.2) is 0 Å². The minimum absolute atomic E-state index is 0.0712. The van der Waals surface area contributed by atoms with Crippen molar-refractivity contribution in [1.29, 1.82) is 0 Å². The van der Waals surface area contributed by atoms with E-state index in [9.17, 15) is 13.2 Å². The molecule has 0 amide bonds. The first-order chi connectivity index (χ1) is 7.98. The molecular weight excluding hydrogens is 253 g/mol. The topological polar surface area (TPSA) is 25.8 Å². The zero-order chi connectivity index (χ0) is 12.5. The van der Waals surface area contributed by atoms with Gasteiger partial charge < -0.3 is 0 Å². The van der Waals surface area contributed by atoms with Crippen LogP contribution in [0.25, 0.3) is 11.1 Å². The van der Waals surface area contributed by atoms with E-state index in [0.717, 1.165) is 6.07 Å². The smallest absolute Gasteiger partial charge is 0.164 e. The quantitative estimate of drug-likeness (QED) is 0.777. The minimum atomic E-state index is -4.55. The lowest BCUT2D eigenvalue weighted by atomic mass is 10.0. The molecule has 88 valence electrons. The van der Waals surface area contributed by atoms with E-state index in [1.54, 1.807) is 30.3 Å². The van der Waals surface area contributed by atoms with Crippen LogP contribution in [0.15, 0.2) is 36.4 Å². The Morgan fingerprint density at radius 1 is 1.00 bits per heavy atom. The van der Waals surface area contributed by atoms with Crippen molar-refractivity contribution in [1.82, 2.24) is 10.2 Å². The van der Waals surface area contributed by atoms with Gasteiger partial charge in [-0.05, 0) is 11.6 Å². The van der Waals surface area contributed by atoms with Crippen LogP contribution in [0.3, 0.4) is 0 Å². The molecule has 0 aliphatic heterocycles. The maximum absolute atomic E-state index is 12.7. The number of hydrogen-bond acceptors (Lipinski definition) is 2. The molecule has 0 aliphatic carbocycles. The van der Waals surface area contributed by atoms with Gasteiger partial charge in [0.1, 0.15) is 0 Å². The molecule has 2 aromatic rings. The summed E-state index contributed by atoms with van der Waals surface area (Å²) >= 11 is 5.58. The second-order valence-electron chi connectivity index (χ2n) is 3.29. The van der Waals surface area contributed by atoms with Crippen LogP contribution in [0.2, 0.25) is 5.15 Å². The normalized spacial score (nSPS) is 11.5. The predicted octanol–water partition coefficient (Wildman–Crippen LogP) is 3.82. The molecule has 2 nitrogen and oxygen atoms in total. The predicted molar refractivity (Wildman–Crippen MR) is 57.5 cm³/mol. The van der Waals surface area contributed by atoms with Crippen molar-refractivity contribution in [3.05, 3.63) is 47.2 Å². The van der Waals surface area contributed by atoms with Crippen molar-refractivity contribution in [3.63, 3.8) is 0 Å². The largest absolute Gasteiger partial charge is 0.435 e. The van der Waals surface area contributed by atoms with Crippen LogP contribution >= 0.6 is 11.6 Å². The summed E-state index contributed by atoms with van der Waals surface area (Å²) in [7, 11) is 0. The van der Waals surface area contributed by atoms with Crippen molar-refractivity contribution >= 4 is 11.6 Å². The van der Waals surface area contributed by atoms with E-state index in [0.29, 0.717) is 5.56 Å². The lowest BCUT2D eigenvalue weighted by Gasteiger charge is -2.10. The zero-order valence-corrected chi connectivity index (χ0v) is 9.13. The summed E-state index contributed by atoms with van der Waals surface area (Å²) in [5, 5.41) is 6.27. The molecular formula is C11H6ClF3N2. The second kappa shape index (κ2) is 4.33. The van der Waals surface area contributed by atoms with E-state index in [1.807, 2.05) is 0 Å². The molecule has 6 heteroatoms. The third kappa shape index (κ3) is 2.55. The van der Waals surface area contributed by atoms with E-state index >= 15 is 0 Å². The molecule has 17 heavy (non-hydrogen) atoms. The molecule has 0 N–H and O–H groups in total. The highest BCUT2D eigenvalue weighted by Gasteiger charge is 2.36. The summed E-state index contributed by atoms with van der Waals surface area (Å²) in [4.78, 5) is 0. The van der Waals surface area contributed by atoms with E-state index in [4.69, 9.17) is 11.6 Å². The first-order valence-corrected chi connectivity index (χ1v) is 5.02. The van der Waals surface area contributed by atoms with Gasteiger partial charge in [0.25, 0.3) is 0 Å². The van der Waals surface area contributed by atoms with Crippen LogP contribution in [0.4, 0.5) is 13.2 Å². The first kappa shape index (κ1) is 11.9. The highest BCUT2D eigenvalue weighted by molar-refractivity contribution is 6.29. The minimum Gasteiger partial charge on any atom is -0.164 e. The zero-order valence-electron chi connectivity index (χ0n) is 8.37. The molecule has 0 spiro atoms. The van der Waals surface area contributed by atoms with Crippen LogP contribution in [0.1, 0.15) is 5.69 Å². The van der Waals surface area contributed by atoms with Crippen LogP contribution in [-0.2, 0) is 6.18 Å². The SMILES string of the molecule is FC(F)(F)c1nnc(Cl)cc1-c1ccccc1. The average molecular weight is 259 g/mol. The summed E-state index contributed by atoms with van der Waals surface area (Å²) in [6, 6.07) is 9.28. The molecule has 0 fully saturated rings. The summed E-state index contributed by atoms with van der Waals surface area (Å²) < 4.78 is 38.2. The van der Waals surface area contributed by atoms with Gasteiger partial charge in [-0.1, -0.05) is 41.9 Å². The summed E-state index contributed by atoms with van der Waals surface area (Å²) in [6.07, 6.45) is -4.55. The number of aromatic nitrogens is 2. The lowest BCUT2D eigenvalue weighted by Crippen LogP contribution is -2.11. The van der Waals surface area contributed by atoms with E-state index < -0.39 is 11.9 Å². The number of rotatable bonds is 1. The average Bonchev–Trinajstić information content (AvgIpc) is 2.28. The molecule has 0 radical (unpaired) electrons.